The van der Waals surface area contributed by atoms with Gasteiger partial charge in [-0.05, 0) is 36.5 Å². The van der Waals surface area contributed by atoms with Gasteiger partial charge in [-0.25, -0.2) is 4.39 Å². The number of benzene rings is 1. The first-order valence-electron chi connectivity index (χ1n) is 9.76. The Bertz CT molecular complexity index is 803. The Morgan fingerprint density at radius 1 is 1.19 bits per heavy atom. The average molecular weight is 370 g/mol. The lowest BCUT2D eigenvalue weighted by molar-refractivity contribution is -0.127. The number of amides is 1. The molecular weight excluding hydrogens is 343 g/mol. The zero-order valence-electron chi connectivity index (χ0n) is 15.9. The third-order valence-electron chi connectivity index (χ3n) is 6.22. The van der Waals surface area contributed by atoms with Crippen LogP contribution in [0.15, 0.2) is 36.7 Å². The topological polar surface area (TPSA) is 50.2 Å². The SMILES string of the molecule is CN1C(=O)C[C@@H](CN[C@@H]2CCC[C@H]2c2ccc(F)cc2)[C@@H]1c1cnn(C)c1. The quantitative estimate of drug-likeness (QED) is 0.880. The van der Waals surface area contributed by atoms with E-state index in [4.69, 9.17) is 0 Å². The molecule has 1 saturated heterocycles. The van der Waals surface area contributed by atoms with Gasteiger partial charge in [0.25, 0.3) is 0 Å². The minimum Gasteiger partial charge on any atom is -0.338 e. The first-order valence-corrected chi connectivity index (χ1v) is 9.76. The summed E-state index contributed by atoms with van der Waals surface area (Å²) in [5, 5.41) is 8.01. The molecule has 0 bridgehead atoms. The van der Waals surface area contributed by atoms with E-state index in [-0.39, 0.29) is 23.7 Å². The summed E-state index contributed by atoms with van der Waals surface area (Å²) in [5.74, 6) is 0.656. The predicted octanol–water partition coefficient (Wildman–Crippen LogP) is 3.00. The minimum atomic E-state index is -0.187. The molecule has 0 unspecified atom stereocenters. The Labute approximate surface area is 159 Å². The predicted molar refractivity (Wildman–Crippen MR) is 102 cm³/mol. The van der Waals surface area contributed by atoms with Crippen molar-refractivity contribution in [3.05, 3.63) is 53.6 Å². The van der Waals surface area contributed by atoms with Gasteiger partial charge in [0.2, 0.25) is 5.91 Å². The number of aryl methyl sites for hydroxylation is 1. The maximum Gasteiger partial charge on any atom is 0.223 e. The molecule has 4 rings (SSSR count). The summed E-state index contributed by atoms with van der Waals surface area (Å²) in [6.07, 6.45) is 7.86. The molecule has 1 N–H and O–H groups in total. The van der Waals surface area contributed by atoms with Crippen LogP contribution in [0.2, 0.25) is 0 Å². The molecule has 4 atom stereocenters. The molecule has 5 nitrogen and oxygen atoms in total. The molecule has 27 heavy (non-hydrogen) atoms. The largest absolute Gasteiger partial charge is 0.338 e. The highest BCUT2D eigenvalue weighted by molar-refractivity contribution is 5.79. The van der Waals surface area contributed by atoms with Gasteiger partial charge < -0.3 is 10.2 Å². The van der Waals surface area contributed by atoms with Crippen LogP contribution < -0.4 is 5.32 Å². The van der Waals surface area contributed by atoms with Gasteiger partial charge in [0.05, 0.1) is 12.2 Å². The number of nitrogens with zero attached hydrogens (tertiary/aromatic N) is 3. The van der Waals surface area contributed by atoms with Gasteiger partial charge in [-0.3, -0.25) is 9.48 Å². The second kappa shape index (κ2) is 7.43. The minimum absolute atomic E-state index is 0.0735. The number of halogens is 1. The van der Waals surface area contributed by atoms with Crippen molar-refractivity contribution in [2.75, 3.05) is 13.6 Å². The van der Waals surface area contributed by atoms with Crippen LogP contribution in [0, 0.1) is 11.7 Å². The van der Waals surface area contributed by atoms with E-state index in [0.29, 0.717) is 18.4 Å². The maximum absolute atomic E-state index is 13.2. The van der Waals surface area contributed by atoms with Crippen molar-refractivity contribution in [1.29, 1.82) is 0 Å². The maximum atomic E-state index is 13.2. The highest BCUT2D eigenvalue weighted by Gasteiger charge is 2.39. The Hall–Kier alpha value is -2.21. The van der Waals surface area contributed by atoms with Crippen molar-refractivity contribution in [3.63, 3.8) is 0 Å². The fraction of sp³-hybridized carbons (Fsp3) is 0.524. The van der Waals surface area contributed by atoms with E-state index in [9.17, 15) is 9.18 Å². The molecule has 1 amide bonds. The Morgan fingerprint density at radius 2 is 1.96 bits per heavy atom. The van der Waals surface area contributed by atoms with E-state index in [1.165, 1.54) is 12.0 Å². The van der Waals surface area contributed by atoms with Gasteiger partial charge in [0, 0.05) is 50.8 Å². The lowest BCUT2D eigenvalue weighted by atomic mass is 9.92. The molecule has 1 aliphatic carbocycles. The first kappa shape index (κ1) is 18.2. The van der Waals surface area contributed by atoms with Gasteiger partial charge >= 0.3 is 0 Å². The molecule has 2 fully saturated rings. The molecule has 2 aliphatic rings. The summed E-state index contributed by atoms with van der Waals surface area (Å²) in [6, 6.07) is 7.37. The summed E-state index contributed by atoms with van der Waals surface area (Å²) in [4.78, 5) is 14.2. The molecule has 1 aromatic carbocycles. The zero-order chi connectivity index (χ0) is 19.0. The molecule has 144 valence electrons. The molecular formula is C21H27FN4O. The Balaban J connectivity index is 1.45. The van der Waals surface area contributed by atoms with Crippen molar-refractivity contribution in [1.82, 2.24) is 20.0 Å². The molecule has 1 aliphatic heterocycles. The molecule has 2 aromatic rings. The summed E-state index contributed by atoms with van der Waals surface area (Å²) in [6.45, 7) is 0.804. The van der Waals surface area contributed by atoms with Crippen molar-refractivity contribution < 1.29 is 9.18 Å². The highest BCUT2D eigenvalue weighted by Crippen LogP contribution is 2.38. The number of rotatable bonds is 5. The van der Waals surface area contributed by atoms with Crippen LogP contribution in [-0.2, 0) is 11.8 Å². The Kier molecular flexibility index (Phi) is 5.00. The molecule has 6 heteroatoms. The average Bonchev–Trinajstić information content (AvgIpc) is 3.34. The van der Waals surface area contributed by atoms with E-state index >= 15 is 0 Å². The van der Waals surface area contributed by atoms with Crippen LogP contribution in [0.4, 0.5) is 4.39 Å². The number of hydrogen-bond donors (Lipinski definition) is 1. The van der Waals surface area contributed by atoms with E-state index in [1.54, 1.807) is 16.8 Å². The zero-order valence-corrected chi connectivity index (χ0v) is 15.9. The van der Waals surface area contributed by atoms with E-state index in [1.807, 2.05) is 43.5 Å². The van der Waals surface area contributed by atoms with Crippen molar-refractivity contribution in [2.24, 2.45) is 13.0 Å². The number of likely N-dealkylation sites (tertiary alicyclic amines) is 1. The smallest absolute Gasteiger partial charge is 0.223 e. The van der Waals surface area contributed by atoms with Crippen LogP contribution in [0.5, 0.6) is 0 Å². The van der Waals surface area contributed by atoms with Crippen LogP contribution >= 0.6 is 0 Å². The number of aromatic nitrogens is 2. The van der Waals surface area contributed by atoms with Gasteiger partial charge in [0.15, 0.2) is 0 Å². The van der Waals surface area contributed by atoms with Crippen molar-refractivity contribution in [2.45, 2.75) is 43.7 Å². The third kappa shape index (κ3) is 3.63. The Morgan fingerprint density at radius 3 is 2.67 bits per heavy atom. The van der Waals surface area contributed by atoms with Crippen LogP contribution in [-0.4, -0.2) is 40.2 Å². The summed E-state index contributed by atoms with van der Waals surface area (Å²) >= 11 is 0. The standard InChI is InChI=1S/C21H27FN4O/c1-25-13-16(12-24-25)21-15(10-20(27)26(21)2)11-23-19-5-3-4-18(19)14-6-8-17(22)9-7-14/h6-9,12-13,15,18-19,21,23H,3-5,10-11H2,1-2H3/t15-,18-,19+,21+/m0/s1. The second-order valence-electron chi connectivity index (χ2n) is 7.96. The highest BCUT2D eigenvalue weighted by atomic mass is 19.1. The number of hydrogen-bond acceptors (Lipinski definition) is 3. The molecule has 0 spiro atoms. The van der Waals surface area contributed by atoms with Gasteiger partial charge in [-0.1, -0.05) is 18.6 Å². The van der Waals surface area contributed by atoms with Crippen molar-refractivity contribution >= 4 is 5.91 Å². The molecule has 2 heterocycles. The lowest BCUT2D eigenvalue weighted by Gasteiger charge is -2.27. The summed E-state index contributed by atoms with van der Waals surface area (Å²) in [5.41, 5.74) is 2.30. The fourth-order valence-corrected chi connectivity index (χ4v) is 4.84. The van der Waals surface area contributed by atoms with E-state index in [0.717, 1.165) is 24.9 Å². The lowest BCUT2D eigenvalue weighted by Crippen LogP contribution is -2.36. The van der Waals surface area contributed by atoms with Crippen molar-refractivity contribution in [3.8, 4) is 0 Å². The van der Waals surface area contributed by atoms with Gasteiger partial charge in [-0.2, -0.15) is 5.10 Å². The van der Waals surface area contributed by atoms with Crippen LogP contribution in [0.25, 0.3) is 0 Å². The summed E-state index contributed by atoms with van der Waals surface area (Å²) in [7, 11) is 3.79. The normalized spacial score (nSPS) is 28.3. The summed E-state index contributed by atoms with van der Waals surface area (Å²) < 4.78 is 15.0. The van der Waals surface area contributed by atoms with Gasteiger partial charge in [0.1, 0.15) is 5.82 Å². The van der Waals surface area contributed by atoms with Crippen LogP contribution in [0.1, 0.15) is 48.8 Å². The number of nitrogens with one attached hydrogen (secondary N) is 1. The molecule has 1 aromatic heterocycles. The fourth-order valence-electron chi connectivity index (χ4n) is 4.84. The third-order valence-corrected chi connectivity index (χ3v) is 6.22. The van der Waals surface area contributed by atoms with E-state index in [2.05, 4.69) is 10.4 Å². The van der Waals surface area contributed by atoms with Crippen LogP contribution in [0.3, 0.4) is 0 Å². The van der Waals surface area contributed by atoms with E-state index < -0.39 is 0 Å². The second-order valence-corrected chi connectivity index (χ2v) is 7.96. The molecule has 0 radical (unpaired) electrons. The van der Waals surface area contributed by atoms with Gasteiger partial charge in [-0.15, -0.1) is 0 Å². The molecule has 1 saturated carbocycles. The number of carbonyl (C=O) groups is 1. The monoisotopic (exact) mass is 370 g/mol. The number of carbonyl (C=O) groups excluding carboxylic acids is 1. The first-order chi connectivity index (χ1) is 13.0.